The van der Waals surface area contributed by atoms with Crippen molar-refractivity contribution in [3.05, 3.63) is 99.9 Å². The maximum atomic E-state index is 12.2. The van der Waals surface area contributed by atoms with E-state index in [9.17, 15) is 19.8 Å². The summed E-state index contributed by atoms with van der Waals surface area (Å²) in [6, 6.07) is 16.4. The van der Waals surface area contributed by atoms with Crippen molar-refractivity contribution in [2.75, 3.05) is 0 Å². The highest BCUT2D eigenvalue weighted by Gasteiger charge is 2.26. The fourth-order valence-electron chi connectivity index (χ4n) is 4.74. The average Bonchev–Trinajstić information content (AvgIpc) is 3.59. The summed E-state index contributed by atoms with van der Waals surface area (Å²) in [7, 11) is 0. The fraction of sp³-hybridized carbons (Fsp3) is 0.233. The molecule has 7 nitrogen and oxygen atoms in total. The van der Waals surface area contributed by atoms with Gasteiger partial charge in [-0.2, -0.15) is 5.10 Å². The van der Waals surface area contributed by atoms with E-state index in [-0.39, 0.29) is 23.3 Å². The number of hydrogen-bond donors (Lipinski definition) is 2. The Morgan fingerprint density at radius 3 is 2.41 bits per heavy atom. The lowest BCUT2D eigenvalue weighted by atomic mass is 9.87. The third kappa shape index (κ3) is 4.72. The van der Waals surface area contributed by atoms with Gasteiger partial charge in [0, 0.05) is 23.2 Å². The van der Waals surface area contributed by atoms with Crippen molar-refractivity contribution in [3.63, 3.8) is 0 Å². The molecule has 0 bridgehead atoms. The molecule has 2 N–H and O–H groups in total. The van der Waals surface area contributed by atoms with Crippen LogP contribution in [-0.2, 0) is 6.61 Å². The smallest absolute Gasteiger partial charge is 0.336 e. The van der Waals surface area contributed by atoms with Crippen LogP contribution in [0, 0.1) is 20.8 Å². The van der Waals surface area contributed by atoms with Gasteiger partial charge in [-0.1, -0.05) is 24.3 Å². The van der Waals surface area contributed by atoms with Crippen LogP contribution in [0.1, 0.15) is 67.4 Å². The fourth-order valence-corrected chi connectivity index (χ4v) is 4.74. The number of aromatic nitrogens is 2. The first-order valence-corrected chi connectivity index (χ1v) is 12.2. The molecule has 1 aliphatic rings. The number of carboxylic acid groups (broad SMARTS) is 2. The highest BCUT2D eigenvalue weighted by Crippen LogP contribution is 2.39. The molecule has 7 heteroatoms. The first-order valence-electron chi connectivity index (χ1n) is 12.2. The second-order valence-corrected chi connectivity index (χ2v) is 9.59. The molecule has 0 aliphatic heterocycles. The van der Waals surface area contributed by atoms with Crippen LogP contribution in [0.2, 0.25) is 0 Å². The summed E-state index contributed by atoms with van der Waals surface area (Å²) in [4.78, 5) is 24.2. The zero-order chi connectivity index (χ0) is 26.3. The van der Waals surface area contributed by atoms with E-state index in [1.807, 2.05) is 49.0 Å². The summed E-state index contributed by atoms with van der Waals surface area (Å²) in [6.07, 6.45) is 4.38. The summed E-state index contributed by atoms with van der Waals surface area (Å²) >= 11 is 0. The lowest BCUT2D eigenvalue weighted by Gasteiger charge is -2.19. The number of aryl methyl sites for hydroxylation is 3. The molecule has 188 valence electrons. The van der Waals surface area contributed by atoms with Gasteiger partial charge in [-0.15, -0.1) is 0 Å². The van der Waals surface area contributed by atoms with Crippen LogP contribution in [0.4, 0.5) is 0 Å². The topological polar surface area (TPSA) is 102 Å². The lowest BCUT2D eigenvalue weighted by molar-refractivity contribution is 0.0695. The summed E-state index contributed by atoms with van der Waals surface area (Å²) in [5.74, 6) is -1.07. The van der Waals surface area contributed by atoms with Gasteiger partial charge in [-0.05, 0) is 86.2 Å². The molecular formula is C30H28N2O5. The molecule has 0 radical (unpaired) electrons. The quantitative estimate of drug-likeness (QED) is 0.296. The zero-order valence-corrected chi connectivity index (χ0v) is 21.0. The van der Waals surface area contributed by atoms with Gasteiger partial charge in [0.15, 0.2) is 0 Å². The predicted molar refractivity (Wildman–Crippen MR) is 140 cm³/mol. The van der Waals surface area contributed by atoms with E-state index in [4.69, 9.17) is 9.84 Å². The van der Waals surface area contributed by atoms with Crippen LogP contribution >= 0.6 is 0 Å². The minimum Gasteiger partial charge on any atom is -0.489 e. The van der Waals surface area contributed by atoms with Crippen LogP contribution < -0.4 is 4.74 Å². The Bertz CT molecular complexity index is 1530. The monoisotopic (exact) mass is 496 g/mol. The Morgan fingerprint density at radius 2 is 1.73 bits per heavy atom. The zero-order valence-electron chi connectivity index (χ0n) is 21.0. The van der Waals surface area contributed by atoms with Crippen molar-refractivity contribution < 1.29 is 24.5 Å². The third-order valence-electron chi connectivity index (χ3n) is 6.94. The number of rotatable bonds is 8. The van der Waals surface area contributed by atoms with Crippen LogP contribution in [0.15, 0.2) is 60.8 Å². The highest BCUT2D eigenvalue weighted by atomic mass is 16.5. The van der Waals surface area contributed by atoms with Gasteiger partial charge in [0.25, 0.3) is 0 Å². The van der Waals surface area contributed by atoms with E-state index in [0.29, 0.717) is 22.8 Å². The molecule has 3 aromatic carbocycles. The molecule has 4 aromatic rings. The number of ether oxygens (including phenoxy) is 1. The molecule has 0 amide bonds. The molecule has 1 heterocycles. The Balaban J connectivity index is 1.48. The third-order valence-corrected chi connectivity index (χ3v) is 6.94. The van der Waals surface area contributed by atoms with E-state index >= 15 is 0 Å². The molecule has 0 atom stereocenters. The molecule has 0 spiro atoms. The number of carbonyl (C=O) groups is 2. The van der Waals surface area contributed by atoms with Gasteiger partial charge >= 0.3 is 11.9 Å². The van der Waals surface area contributed by atoms with Crippen LogP contribution in [0.3, 0.4) is 0 Å². The molecule has 5 rings (SSSR count). The van der Waals surface area contributed by atoms with Gasteiger partial charge in [0.1, 0.15) is 12.4 Å². The standard InChI is InChI=1S/C30H28N2O5/c1-17-5-4-6-22(28-23(29(33)34)11-7-18(2)27(28)30(35)36)24(17)16-37-26-12-10-21(15-19(26)3)32-14-13-25(31-32)20-8-9-20/h4-7,10-15,20H,8-9,16H2,1-3H3,(H,33,34)(H,35,36). The molecule has 1 aliphatic carbocycles. The van der Waals surface area contributed by atoms with Crippen molar-refractivity contribution in [1.29, 1.82) is 0 Å². The Hall–Kier alpha value is -4.39. The predicted octanol–water partition coefficient (Wildman–Crippen LogP) is 6.32. The van der Waals surface area contributed by atoms with E-state index < -0.39 is 11.9 Å². The van der Waals surface area contributed by atoms with Gasteiger partial charge in [-0.3, -0.25) is 0 Å². The van der Waals surface area contributed by atoms with Gasteiger partial charge in [0.05, 0.1) is 22.5 Å². The van der Waals surface area contributed by atoms with Crippen molar-refractivity contribution >= 4 is 11.9 Å². The maximum Gasteiger partial charge on any atom is 0.336 e. The van der Waals surface area contributed by atoms with Crippen molar-refractivity contribution in [2.24, 2.45) is 0 Å². The second kappa shape index (κ2) is 9.58. The molecular weight excluding hydrogens is 468 g/mol. The Labute approximate surface area is 215 Å². The minimum absolute atomic E-state index is 0.0166. The Morgan fingerprint density at radius 1 is 0.946 bits per heavy atom. The number of aromatic carboxylic acids is 2. The van der Waals surface area contributed by atoms with Crippen molar-refractivity contribution in [2.45, 2.75) is 46.1 Å². The van der Waals surface area contributed by atoms with Gasteiger partial charge in [0.2, 0.25) is 0 Å². The molecule has 1 aromatic heterocycles. The maximum absolute atomic E-state index is 12.2. The van der Waals surface area contributed by atoms with E-state index in [0.717, 1.165) is 28.1 Å². The number of carboxylic acids is 2. The summed E-state index contributed by atoms with van der Waals surface area (Å²) < 4.78 is 8.09. The molecule has 0 saturated heterocycles. The second-order valence-electron chi connectivity index (χ2n) is 9.59. The van der Waals surface area contributed by atoms with Crippen LogP contribution in [0.25, 0.3) is 16.8 Å². The van der Waals surface area contributed by atoms with E-state index in [2.05, 4.69) is 6.07 Å². The Kier molecular flexibility index (Phi) is 6.29. The largest absolute Gasteiger partial charge is 0.489 e. The summed E-state index contributed by atoms with van der Waals surface area (Å²) in [5.41, 5.74) is 5.79. The molecule has 37 heavy (non-hydrogen) atoms. The molecule has 1 saturated carbocycles. The van der Waals surface area contributed by atoms with Gasteiger partial charge < -0.3 is 14.9 Å². The van der Waals surface area contributed by atoms with Gasteiger partial charge in [-0.25, -0.2) is 14.3 Å². The SMILES string of the molecule is Cc1cc(-n2ccc(C3CC3)n2)ccc1OCc1c(C)cccc1-c1c(C(=O)O)ccc(C)c1C(=O)O. The number of hydrogen-bond acceptors (Lipinski definition) is 4. The normalized spacial score (nSPS) is 12.9. The van der Waals surface area contributed by atoms with Crippen molar-refractivity contribution in [1.82, 2.24) is 9.78 Å². The highest BCUT2D eigenvalue weighted by molar-refractivity contribution is 6.06. The first kappa shape index (κ1) is 24.3. The van der Waals surface area contributed by atoms with Crippen LogP contribution in [0.5, 0.6) is 5.75 Å². The van der Waals surface area contributed by atoms with Crippen LogP contribution in [-0.4, -0.2) is 31.9 Å². The van der Waals surface area contributed by atoms with E-state index in [1.165, 1.54) is 25.0 Å². The average molecular weight is 497 g/mol. The van der Waals surface area contributed by atoms with E-state index in [1.54, 1.807) is 19.1 Å². The number of benzene rings is 3. The minimum atomic E-state index is -1.18. The lowest BCUT2D eigenvalue weighted by Crippen LogP contribution is -2.11. The van der Waals surface area contributed by atoms with Crippen molar-refractivity contribution in [3.8, 4) is 22.6 Å². The summed E-state index contributed by atoms with van der Waals surface area (Å²) in [6.45, 7) is 5.70. The number of nitrogens with zero attached hydrogens (tertiary/aromatic N) is 2. The molecule has 1 fully saturated rings. The first-order chi connectivity index (χ1) is 17.7. The summed E-state index contributed by atoms with van der Waals surface area (Å²) in [5, 5.41) is 24.5. The molecule has 0 unspecified atom stereocenters.